The van der Waals surface area contributed by atoms with E-state index in [1.54, 1.807) is 4.90 Å². The first-order valence-electron chi connectivity index (χ1n) is 10.0. The first-order chi connectivity index (χ1) is 13.9. The van der Waals surface area contributed by atoms with Crippen molar-refractivity contribution in [1.82, 2.24) is 0 Å². The van der Waals surface area contributed by atoms with Crippen molar-refractivity contribution in [3.63, 3.8) is 0 Å². The van der Waals surface area contributed by atoms with E-state index in [0.29, 0.717) is 17.1 Å². The smallest absolute Gasteiger partial charge is 0.280 e. The van der Waals surface area contributed by atoms with Gasteiger partial charge in [-0.3, -0.25) is 9.59 Å². The number of benzene rings is 1. The maximum absolute atomic E-state index is 12.5. The summed E-state index contributed by atoms with van der Waals surface area (Å²) in [5.74, 6) is -0.550. The lowest BCUT2D eigenvalue weighted by molar-refractivity contribution is -1.01. The van der Waals surface area contributed by atoms with Crippen LogP contribution in [0.3, 0.4) is 0 Å². The predicted molar refractivity (Wildman–Crippen MR) is 118 cm³/mol. The molecule has 1 fully saturated rings. The second kappa shape index (κ2) is 9.82. The number of anilines is 1. The van der Waals surface area contributed by atoms with Gasteiger partial charge in [-0.25, -0.2) is 0 Å². The monoisotopic (exact) mass is 414 g/mol. The minimum Gasteiger partial charge on any atom is -0.365 e. The Morgan fingerprint density at radius 1 is 1.10 bits per heavy atom. The number of nitrogens with one attached hydrogen (secondary N) is 3. The number of nitrogens with two attached hydrogens (primary N) is 1. The van der Waals surface area contributed by atoms with E-state index < -0.39 is 5.91 Å². The van der Waals surface area contributed by atoms with Crippen LogP contribution in [-0.2, 0) is 4.79 Å². The number of aryl methyl sites for hydroxylation is 1. The number of amides is 2. The van der Waals surface area contributed by atoms with Crippen LogP contribution >= 0.6 is 11.3 Å². The van der Waals surface area contributed by atoms with E-state index in [2.05, 4.69) is 29.6 Å². The molecule has 0 aliphatic carbocycles. The normalized spacial score (nSPS) is 19.4. The average molecular weight is 415 g/mol. The predicted octanol–water partition coefficient (Wildman–Crippen LogP) is -0.101. The van der Waals surface area contributed by atoms with E-state index in [-0.39, 0.29) is 5.91 Å². The highest BCUT2D eigenvalue weighted by Gasteiger charge is 2.25. The van der Waals surface area contributed by atoms with Crippen molar-refractivity contribution in [3.8, 4) is 0 Å². The molecule has 7 heteroatoms. The third-order valence-electron chi connectivity index (χ3n) is 5.48. The van der Waals surface area contributed by atoms with Gasteiger partial charge in [0, 0.05) is 4.88 Å². The third-order valence-corrected chi connectivity index (χ3v) is 6.60. The van der Waals surface area contributed by atoms with Crippen molar-refractivity contribution < 1.29 is 19.4 Å². The van der Waals surface area contributed by atoms with E-state index >= 15 is 0 Å². The van der Waals surface area contributed by atoms with E-state index in [9.17, 15) is 9.59 Å². The van der Waals surface area contributed by atoms with Crippen molar-refractivity contribution in [3.05, 3.63) is 58.0 Å². The summed E-state index contributed by atoms with van der Waals surface area (Å²) in [6.07, 6.45) is 4.40. The zero-order chi connectivity index (χ0) is 20.8. The van der Waals surface area contributed by atoms with Gasteiger partial charge in [-0.05, 0) is 31.1 Å². The molecule has 0 atom stereocenters. The summed E-state index contributed by atoms with van der Waals surface area (Å²) in [5.41, 5.74) is 8.00. The molecule has 3 rings (SSSR count). The molecule has 154 valence electrons. The molecule has 0 bridgehead atoms. The number of piperazine rings is 1. The number of carbonyl (C=O) groups excluding carboxylic acids is 2. The summed E-state index contributed by atoms with van der Waals surface area (Å²) >= 11 is 1.41. The molecular formula is C22H30N4O2S+2. The minimum absolute atomic E-state index is 0.0591. The second-order valence-corrected chi connectivity index (χ2v) is 8.82. The lowest BCUT2D eigenvalue weighted by Gasteiger charge is -2.28. The summed E-state index contributed by atoms with van der Waals surface area (Å²) in [6.45, 7) is 9.24. The molecule has 1 aliphatic rings. The summed E-state index contributed by atoms with van der Waals surface area (Å²) in [6, 6.07) is 10.3. The Kier molecular flexibility index (Phi) is 7.19. The standard InChI is InChI=1S/C22H28N4O2S/c1-16-17(2)29-22(20(16)21(23)28)24-19(27)15-26-13-11-25(12-14-26)10-6-9-18-7-4-3-5-8-18/h3-9H,10-15H2,1-2H3,(H2,23,28)(H,24,27)/p+2/b9-6+. The molecule has 0 radical (unpaired) electrons. The number of thiophene rings is 1. The number of carbonyl (C=O) groups is 2. The van der Waals surface area contributed by atoms with Crippen molar-refractivity contribution in [1.29, 1.82) is 0 Å². The highest BCUT2D eigenvalue weighted by molar-refractivity contribution is 7.16. The van der Waals surface area contributed by atoms with Gasteiger partial charge in [0.15, 0.2) is 6.54 Å². The van der Waals surface area contributed by atoms with Crippen LogP contribution in [0.15, 0.2) is 36.4 Å². The number of primary amides is 1. The molecule has 0 saturated carbocycles. The van der Waals surface area contributed by atoms with Gasteiger partial charge >= 0.3 is 0 Å². The molecule has 1 aliphatic heterocycles. The zero-order valence-corrected chi connectivity index (χ0v) is 17.9. The fourth-order valence-corrected chi connectivity index (χ4v) is 4.76. The van der Waals surface area contributed by atoms with Crippen LogP contribution in [0.4, 0.5) is 5.00 Å². The Morgan fingerprint density at radius 2 is 1.76 bits per heavy atom. The first kappa shape index (κ1) is 21.2. The second-order valence-electron chi connectivity index (χ2n) is 7.59. The Hall–Kier alpha value is -2.48. The van der Waals surface area contributed by atoms with Gasteiger partial charge in [0.2, 0.25) is 0 Å². The van der Waals surface area contributed by atoms with Gasteiger partial charge in [0.05, 0.1) is 12.1 Å². The molecule has 2 amide bonds. The van der Waals surface area contributed by atoms with Gasteiger partial charge in [-0.2, -0.15) is 0 Å². The van der Waals surface area contributed by atoms with Gasteiger partial charge in [-0.15, -0.1) is 11.3 Å². The van der Waals surface area contributed by atoms with Crippen LogP contribution < -0.4 is 20.9 Å². The van der Waals surface area contributed by atoms with Crippen LogP contribution in [0, 0.1) is 13.8 Å². The third kappa shape index (κ3) is 5.76. The molecule has 0 spiro atoms. The lowest BCUT2D eigenvalue weighted by atomic mass is 10.1. The van der Waals surface area contributed by atoms with Gasteiger partial charge < -0.3 is 20.9 Å². The lowest BCUT2D eigenvalue weighted by Crippen LogP contribution is -3.28. The molecule has 1 aromatic carbocycles. The quantitative estimate of drug-likeness (QED) is 0.510. The Bertz CT molecular complexity index is 884. The zero-order valence-electron chi connectivity index (χ0n) is 17.1. The van der Waals surface area contributed by atoms with Crippen molar-refractivity contribution >= 4 is 34.2 Å². The van der Waals surface area contributed by atoms with Crippen molar-refractivity contribution in [2.75, 3.05) is 44.6 Å². The molecule has 2 heterocycles. The average Bonchev–Trinajstić information content (AvgIpc) is 2.97. The first-order valence-corrected chi connectivity index (χ1v) is 10.8. The molecule has 29 heavy (non-hydrogen) atoms. The van der Waals surface area contributed by atoms with Gasteiger partial charge in [-0.1, -0.05) is 36.4 Å². The molecular weight excluding hydrogens is 384 g/mol. The summed E-state index contributed by atoms with van der Waals surface area (Å²) < 4.78 is 0. The van der Waals surface area contributed by atoms with Crippen LogP contribution in [0.5, 0.6) is 0 Å². The van der Waals surface area contributed by atoms with E-state index in [4.69, 9.17) is 5.73 Å². The molecule has 2 aromatic rings. The van der Waals surface area contributed by atoms with Crippen LogP contribution in [-0.4, -0.2) is 51.1 Å². The highest BCUT2D eigenvalue weighted by atomic mass is 32.1. The number of rotatable bonds is 7. The number of quaternary nitrogens is 2. The minimum atomic E-state index is -0.490. The van der Waals surface area contributed by atoms with Crippen LogP contribution in [0.25, 0.3) is 6.08 Å². The SMILES string of the molecule is Cc1sc(NC(=O)C[NH+]2CC[NH+](C/C=C/c3ccccc3)CC2)c(C(N)=O)c1C. The van der Waals surface area contributed by atoms with Crippen LogP contribution in [0.1, 0.15) is 26.4 Å². The van der Waals surface area contributed by atoms with Crippen molar-refractivity contribution in [2.45, 2.75) is 13.8 Å². The maximum atomic E-state index is 12.5. The number of hydrogen-bond donors (Lipinski definition) is 4. The fourth-order valence-electron chi connectivity index (χ4n) is 3.67. The molecule has 0 unspecified atom stereocenters. The Labute approximate surface area is 176 Å². The number of hydrogen-bond acceptors (Lipinski definition) is 3. The fraction of sp³-hybridized carbons (Fsp3) is 0.364. The topological polar surface area (TPSA) is 81.1 Å². The summed E-state index contributed by atoms with van der Waals surface area (Å²) in [7, 11) is 0. The largest absolute Gasteiger partial charge is 0.365 e. The summed E-state index contributed by atoms with van der Waals surface area (Å²) in [5, 5.41) is 3.48. The highest BCUT2D eigenvalue weighted by Crippen LogP contribution is 2.31. The Balaban J connectivity index is 1.45. The van der Waals surface area contributed by atoms with Gasteiger partial charge in [0.1, 0.15) is 31.2 Å². The van der Waals surface area contributed by atoms with E-state index in [1.807, 2.05) is 32.0 Å². The van der Waals surface area contributed by atoms with Gasteiger partial charge in [0.25, 0.3) is 11.8 Å². The van der Waals surface area contributed by atoms with Crippen molar-refractivity contribution in [2.24, 2.45) is 5.73 Å². The van der Waals surface area contributed by atoms with Crippen LogP contribution in [0.2, 0.25) is 0 Å². The maximum Gasteiger partial charge on any atom is 0.280 e. The molecule has 1 aromatic heterocycles. The molecule has 1 saturated heterocycles. The van der Waals surface area contributed by atoms with E-state index in [1.165, 1.54) is 21.8 Å². The molecule has 6 nitrogen and oxygen atoms in total. The molecule has 5 N–H and O–H groups in total. The van der Waals surface area contributed by atoms with E-state index in [0.717, 1.165) is 43.2 Å². The summed E-state index contributed by atoms with van der Waals surface area (Å²) in [4.78, 5) is 28.0. The Morgan fingerprint density at radius 3 is 2.41 bits per heavy atom.